The van der Waals surface area contributed by atoms with Crippen LogP contribution in [0.3, 0.4) is 0 Å². The van der Waals surface area contributed by atoms with Crippen molar-refractivity contribution < 1.29 is 0 Å². The molecule has 0 aromatic rings. The molecule has 0 aromatic carbocycles. The van der Waals surface area contributed by atoms with Gasteiger partial charge in [-0.2, -0.15) is 0 Å². The van der Waals surface area contributed by atoms with Gasteiger partial charge in [0.2, 0.25) is 0 Å². The van der Waals surface area contributed by atoms with Crippen LogP contribution in [0.2, 0.25) is 0 Å². The van der Waals surface area contributed by atoms with E-state index in [-0.39, 0.29) is 0 Å². The van der Waals surface area contributed by atoms with E-state index in [1.165, 1.54) is 50.8 Å². The number of nitrogens with two attached hydrogens (primary N) is 1. The monoisotopic (exact) mass is 252 g/mol. The quantitative estimate of drug-likeness (QED) is 0.446. The van der Waals surface area contributed by atoms with Crippen LogP contribution in [0.25, 0.3) is 0 Å². The van der Waals surface area contributed by atoms with Crippen LogP contribution in [0.15, 0.2) is 11.6 Å². The van der Waals surface area contributed by atoms with Gasteiger partial charge in [-0.1, -0.05) is 11.6 Å². The van der Waals surface area contributed by atoms with Gasteiger partial charge in [-0.05, 0) is 59.3 Å². The first-order valence-corrected chi connectivity index (χ1v) is 7.26. The Morgan fingerprint density at radius 1 is 1.28 bits per heavy atom. The van der Waals surface area contributed by atoms with Crippen molar-refractivity contribution in [1.82, 2.24) is 15.2 Å². The molecule has 1 saturated heterocycles. The van der Waals surface area contributed by atoms with Gasteiger partial charge in [0, 0.05) is 12.6 Å². The van der Waals surface area contributed by atoms with Crippen LogP contribution in [-0.2, 0) is 0 Å². The summed E-state index contributed by atoms with van der Waals surface area (Å²) in [5.74, 6) is 5.86. The van der Waals surface area contributed by atoms with Crippen molar-refractivity contribution in [3.05, 3.63) is 11.6 Å². The smallest absolute Gasteiger partial charge is 0.0587 e. The number of nitrogens with zero attached hydrogens (tertiary/aromatic N) is 2. The standard InChI is InChI=1S/C14H28N4/c1-17-9-6-10-18(2)13(11-17)14(16-15)12-7-4-3-5-8-12/h7,13-14,16H,3-6,8-11,15H2,1-2H3. The molecule has 0 spiro atoms. The Morgan fingerprint density at radius 2 is 2.11 bits per heavy atom. The highest BCUT2D eigenvalue weighted by Gasteiger charge is 2.30. The van der Waals surface area contributed by atoms with Crippen LogP contribution in [0.5, 0.6) is 0 Å². The number of likely N-dealkylation sites (N-methyl/N-ethyl adjacent to an activating group) is 2. The topological polar surface area (TPSA) is 44.5 Å². The maximum absolute atomic E-state index is 5.86. The number of hydrogen-bond acceptors (Lipinski definition) is 4. The lowest BCUT2D eigenvalue weighted by Gasteiger charge is -2.36. The SMILES string of the molecule is CN1CCCN(C)C(C(NN)C2=CCCCC2)C1. The van der Waals surface area contributed by atoms with Crippen molar-refractivity contribution in [2.45, 2.75) is 44.2 Å². The van der Waals surface area contributed by atoms with Crippen molar-refractivity contribution in [1.29, 1.82) is 0 Å². The van der Waals surface area contributed by atoms with E-state index in [1.54, 1.807) is 0 Å². The van der Waals surface area contributed by atoms with E-state index in [1.807, 2.05) is 0 Å². The Balaban J connectivity index is 2.11. The van der Waals surface area contributed by atoms with Gasteiger partial charge >= 0.3 is 0 Å². The van der Waals surface area contributed by atoms with Gasteiger partial charge in [0.05, 0.1) is 6.04 Å². The lowest BCUT2D eigenvalue weighted by Crippen LogP contribution is -2.55. The molecule has 18 heavy (non-hydrogen) atoms. The highest BCUT2D eigenvalue weighted by Crippen LogP contribution is 2.24. The molecule has 4 nitrogen and oxygen atoms in total. The van der Waals surface area contributed by atoms with E-state index >= 15 is 0 Å². The highest BCUT2D eigenvalue weighted by molar-refractivity contribution is 5.16. The van der Waals surface area contributed by atoms with Gasteiger partial charge in [-0.15, -0.1) is 0 Å². The van der Waals surface area contributed by atoms with Crippen LogP contribution >= 0.6 is 0 Å². The molecule has 1 fully saturated rings. The van der Waals surface area contributed by atoms with Crippen LogP contribution in [-0.4, -0.2) is 55.6 Å². The molecule has 1 aliphatic carbocycles. The second kappa shape index (κ2) is 6.66. The van der Waals surface area contributed by atoms with E-state index < -0.39 is 0 Å². The molecule has 2 unspecified atom stereocenters. The van der Waals surface area contributed by atoms with E-state index in [0.29, 0.717) is 12.1 Å². The normalized spacial score (nSPS) is 29.7. The summed E-state index contributed by atoms with van der Waals surface area (Å²) in [4.78, 5) is 4.91. The third-order valence-corrected chi connectivity index (χ3v) is 4.41. The van der Waals surface area contributed by atoms with Gasteiger partial charge in [0.1, 0.15) is 0 Å². The van der Waals surface area contributed by atoms with E-state index in [4.69, 9.17) is 5.84 Å². The molecular weight excluding hydrogens is 224 g/mol. The summed E-state index contributed by atoms with van der Waals surface area (Å²) in [5.41, 5.74) is 4.61. The molecule has 104 valence electrons. The van der Waals surface area contributed by atoms with Crippen molar-refractivity contribution >= 4 is 0 Å². The summed E-state index contributed by atoms with van der Waals surface area (Å²) in [5, 5.41) is 0. The van der Waals surface area contributed by atoms with Crippen molar-refractivity contribution in [3.63, 3.8) is 0 Å². The Morgan fingerprint density at radius 3 is 2.78 bits per heavy atom. The maximum atomic E-state index is 5.86. The molecule has 2 atom stereocenters. The van der Waals surface area contributed by atoms with Gasteiger partial charge < -0.3 is 9.80 Å². The van der Waals surface area contributed by atoms with Crippen LogP contribution < -0.4 is 11.3 Å². The molecule has 0 aromatic heterocycles. The Hall–Kier alpha value is -0.420. The van der Waals surface area contributed by atoms with Crippen LogP contribution in [0, 0.1) is 0 Å². The second-order valence-electron chi connectivity index (χ2n) is 5.83. The van der Waals surface area contributed by atoms with Gasteiger partial charge in [-0.3, -0.25) is 11.3 Å². The van der Waals surface area contributed by atoms with Gasteiger partial charge in [0.25, 0.3) is 0 Å². The first-order valence-electron chi connectivity index (χ1n) is 7.26. The number of hydrogen-bond donors (Lipinski definition) is 2. The molecule has 3 N–H and O–H groups in total. The molecule has 4 heteroatoms. The fourth-order valence-corrected chi connectivity index (χ4v) is 3.28. The largest absolute Gasteiger partial charge is 0.305 e. The third-order valence-electron chi connectivity index (χ3n) is 4.41. The zero-order chi connectivity index (χ0) is 13.0. The molecule has 2 rings (SSSR count). The second-order valence-corrected chi connectivity index (χ2v) is 5.83. The molecule has 0 bridgehead atoms. The lowest BCUT2D eigenvalue weighted by atomic mass is 9.89. The predicted molar refractivity (Wildman–Crippen MR) is 76.2 cm³/mol. The lowest BCUT2D eigenvalue weighted by molar-refractivity contribution is 0.189. The Labute approximate surface area is 111 Å². The molecule has 1 aliphatic heterocycles. The minimum atomic E-state index is 0.316. The first-order chi connectivity index (χ1) is 8.72. The van der Waals surface area contributed by atoms with Crippen molar-refractivity contribution in [3.8, 4) is 0 Å². The minimum Gasteiger partial charge on any atom is -0.305 e. The Bertz CT molecular complexity index is 290. The molecule has 0 amide bonds. The van der Waals surface area contributed by atoms with Gasteiger partial charge in [0.15, 0.2) is 0 Å². The number of allylic oxidation sites excluding steroid dienone is 1. The fourth-order valence-electron chi connectivity index (χ4n) is 3.28. The molecule has 1 heterocycles. The fraction of sp³-hybridized carbons (Fsp3) is 0.857. The average molecular weight is 252 g/mol. The van der Waals surface area contributed by atoms with Gasteiger partial charge in [-0.25, -0.2) is 0 Å². The summed E-state index contributed by atoms with van der Waals surface area (Å²) < 4.78 is 0. The van der Waals surface area contributed by atoms with Crippen molar-refractivity contribution in [2.75, 3.05) is 33.7 Å². The van der Waals surface area contributed by atoms with E-state index in [2.05, 4.69) is 35.4 Å². The van der Waals surface area contributed by atoms with Crippen molar-refractivity contribution in [2.24, 2.45) is 5.84 Å². The first kappa shape index (κ1) is 14.0. The zero-order valence-corrected chi connectivity index (χ0v) is 11.9. The summed E-state index contributed by atoms with van der Waals surface area (Å²) in [6, 6.07) is 0.808. The zero-order valence-electron chi connectivity index (χ0n) is 11.9. The summed E-state index contributed by atoms with van der Waals surface area (Å²) in [6.45, 7) is 3.46. The van der Waals surface area contributed by atoms with Crippen LogP contribution in [0.1, 0.15) is 32.1 Å². The Kier molecular flexibility index (Phi) is 5.18. The summed E-state index contributed by atoms with van der Waals surface area (Å²) >= 11 is 0. The molecule has 0 radical (unpaired) electrons. The van der Waals surface area contributed by atoms with E-state index in [9.17, 15) is 0 Å². The van der Waals surface area contributed by atoms with Crippen LogP contribution in [0.4, 0.5) is 0 Å². The molecular formula is C14H28N4. The predicted octanol–water partition coefficient (Wildman–Crippen LogP) is 0.955. The molecule has 2 aliphatic rings. The summed E-state index contributed by atoms with van der Waals surface area (Å²) in [6.07, 6.45) is 8.74. The third kappa shape index (κ3) is 3.32. The highest BCUT2D eigenvalue weighted by atomic mass is 15.3. The maximum Gasteiger partial charge on any atom is 0.0587 e. The molecule has 0 saturated carbocycles. The average Bonchev–Trinajstić information content (AvgIpc) is 2.54. The summed E-state index contributed by atoms with van der Waals surface area (Å²) in [7, 11) is 4.45. The van der Waals surface area contributed by atoms with E-state index in [0.717, 1.165) is 6.54 Å². The number of hydrazine groups is 1. The number of nitrogens with one attached hydrogen (secondary N) is 1. The number of rotatable bonds is 3. The minimum absolute atomic E-state index is 0.316.